The number of carbonyl (C=O) groups is 2. The standard InChI is InChI=1S/C19H21N5O3/c1-13-16(14(2)24(21-13)15-6-4-3-5-7-15)12-20-19(27)17-8-10-23(22-17)11-9-18(25)26/h3-8,10H,9,11-12H2,1-2H3,(H,20,27)(H,25,26). The van der Waals surface area contributed by atoms with Gasteiger partial charge in [0, 0.05) is 24.0 Å². The van der Waals surface area contributed by atoms with Gasteiger partial charge in [-0.25, -0.2) is 4.68 Å². The zero-order chi connectivity index (χ0) is 19.4. The third kappa shape index (κ3) is 4.22. The van der Waals surface area contributed by atoms with Crippen molar-refractivity contribution in [2.24, 2.45) is 0 Å². The monoisotopic (exact) mass is 367 g/mol. The van der Waals surface area contributed by atoms with Crippen molar-refractivity contribution in [3.63, 3.8) is 0 Å². The molecule has 27 heavy (non-hydrogen) atoms. The Balaban J connectivity index is 1.67. The van der Waals surface area contributed by atoms with Crippen LogP contribution in [-0.4, -0.2) is 36.5 Å². The molecule has 2 N–H and O–H groups in total. The molecule has 0 aliphatic heterocycles. The Morgan fingerprint density at radius 2 is 1.85 bits per heavy atom. The van der Waals surface area contributed by atoms with Crippen LogP contribution in [0.25, 0.3) is 5.69 Å². The number of nitrogens with one attached hydrogen (secondary N) is 1. The van der Waals surface area contributed by atoms with E-state index in [1.165, 1.54) is 4.68 Å². The predicted octanol–water partition coefficient (Wildman–Crippen LogP) is 2.09. The van der Waals surface area contributed by atoms with Gasteiger partial charge in [0.2, 0.25) is 0 Å². The maximum atomic E-state index is 12.3. The molecule has 0 aliphatic carbocycles. The number of hydrogen-bond acceptors (Lipinski definition) is 4. The van der Waals surface area contributed by atoms with Crippen LogP contribution in [0.3, 0.4) is 0 Å². The summed E-state index contributed by atoms with van der Waals surface area (Å²) >= 11 is 0. The number of carboxylic acids is 1. The van der Waals surface area contributed by atoms with E-state index in [0.29, 0.717) is 6.54 Å². The normalized spacial score (nSPS) is 10.7. The van der Waals surface area contributed by atoms with E-state index in [4.69, 9.17) is 5.11 Å². The van der Waals surface area contributed by atoms with Crippen LogP contribution in [-0.2, 0) is 17.9 Å². The fraction of sp³-hybridized carbons (Fsp3) is 0.263. The van der Waals surface area contributed by atoms with Gasteiger partial charge in [0.15, 0.2) is 0 Å². The Morgan fingerprint density at radius 1 is 1.11 bits per heavy atom. The van der Waals surface area contributed by atoms with Crippen LogP contribution < -0.4 is 5.32 Å². The Kier molecular flexibility index (Phi) is 5.35. The van der Waals surface area contributed by atoms with Crippen molar-refractivity contribution in [1.82, 2.24) is 24.9 Å². The quantitative estimate of drug-likeness (QED) is 0.666. The molecule has 8 nitrogen and oxygen atoms in total. The third-order valence-electron chi connectivity index (χ3n) is 4.30. The smallest absolute Gasteiger partial charge is 0.305 e. The molecule has 0 unspecified atom stereocenters. The summed E-state index contributed by atoms with van der Waals surface area (Å²) in [4.78, 5) is 23.0. The van der Waals surface area contributed by atoms with E-state index >= 15 is 0 Å². The average molecular weight is 367 g/mol. The summed E-state index contributed by atoms with van der Waals surface area (Å²) in [6, 6.07) is 11.4. The second kappa shape index (κ2) is 7.86. The van der Waals surface area contributed by atoms with E-state index < -0.39 is 5.97 Å². The zero-order valence-electron chi connectivity index (χ0n) is 15.2. The number of carbonyl (C=O) groups excluding carboxylic acids is 1. The first-order valence-corrected chi connectivity index (χ1v) is 8.59. The maximum absolute atomic E-state index is 12.3. The van der Waals surface area contributed by atoms with Gasteiger partial charge in [0.1, 0.15) is 5.69 Å². The lowest BCUT2D eigenvalue weighted by Gasteiger charge is -2.06. The SMILES string of the molecule is Cc1nn(-c2ccccc2)c(C)c1CNC(=O)c1ccn(CCC(=O)O)n1. The zero-order valence-corrected chi connectivity index (χ0v) is 15.2. The summed E-state index contributed by atoms with van der Waals surface area (Å²) in [5.41, 5.74) is 3.99. The summed E-state index contributed by atoms with van der Waals surface area (Å²) in [7, 11) is 0. The molecule has 2 heterocycles. The number of amides is 1. The second-order valence-electron chi connectivity index (χ2n) is 6.19. The third-order valence-corrected chi connectivity index (χ3v) is 4.30. The summed E-state index contributed by atoms with van der Waals surface area (Å²) < 4.78 is 3.31. The second-order valence-corrected chi connectivity index (χ2v) is 6.19. The van der Waals surface area contributed by atoms with Crippen LogP contribution in [0.5, 0.6) is 0 Å². The molecule has 0 fully saturated rings. The molecule has 3 rings (SSSR count). The van der Waals surface area contributed by atoms with E-state index in [1.807, 2.05) is 48.9 Å². The van der Waals surface area contributed by atoms with Crippen molar-refractivity contribution < 1.29 is 14.7 Å². The minimum atomic E-state index is -0.905. The van der Waals surface area contributed by atoms with Crippen molar-refractivity contribution in [1.29, 1.82) is 0 Å². The van der Waals surface area contributed by atoms with Crippen LogP contribution in [0.1, 0.15) is 33.9 Å². The minimum Gasteiger partial charge on any atom is -0.481 e. The van der Waals surface area contributed by atoms with Gasteiger partial charge in [0.05, 0.1) is 24.3 Å². The number of carboxylic acid groups (broad SMARTS) is 1. The fourth-order valence-corrected chi connectivity index (χ4v) is 2.83. The van der Waals surface area contributed by atoms with Gasteiger partial charge in [0.25, 0.3) is 5.91 Å². The summed E-state index contributed by atoms with van der Waals surface area (Å²) in [6.45, 7) is 4.44. The molecule has 1 aromatic carbocycles. The highest BCUT2D eigenvalue weighted by molar-refractivity contribution is 5.92. The summed E-state index contributed by atoms with van der Waals surface area (Å²) in [5, 5.41) is 20.2. The first-order chi connectivity index (χ1) is 13.0. The summed E-state index contributed by atoms with van der Waals surface area (Å²) in [5.74, 6) is -1.21. The van der Waals surface area contributed by atoms with E-state index in [0.717, 1.165) is 22.6 Å². The highest BCUT2D eigenvalue weighted by Crippen LogP contribution is 2.17. The van der Waals surface area contributed by atoms with Crippen LogP contribution >= 0.6 is 0 Å². The molecule has 0 saturated heterocycles. The fourth-order valence-electron chi connectivity index (χ4n) is 2.83. The van der Waals surface area contributed by atoms with Crippen LogP contribution in [0.2, 0.25) is 0 Å². The molecule has 0 saturated carbocycles. The first-order valence-electron chi connectivity index (χ1n) is 8.59. The molecule has 0 radical (unpaired) electrons. The number of nitrogens with zero attached hydrogens (tertiary/aromatic N) is 4. The van der Waals surface area contributed by atoms with Crippen molar-refractivity contribution in [3.05, 3.63) is 65.2 Å². The Hall–Kier alpha value is -3.42. The molecule has 2 aromatic heterocycles. The van der Waals surface area contributed by atoms with Gasteiger partial charge in [-0.2, -0.15) is 10.2 Å². The lowest BCUT2D eigenvalue weighted by Crippen LogP contribution is -2.24. The van der Waals surface area contributed by atoms with E-state index in [9.17, 15) is 9.59 Å². The molecule has 1 amide bonds. The van der Waals surface area contributed by atoms with E-state index in [1.54, 1.807) is 12.3 Å². The molecule has 8 heteroatoms. The number of hydrogen-bond donors (Lipinski definition) is 2. The van der Waals surface area contributed by atoms with Crippen LogP contribution in [0.4, 0.5) is 0 Å². The van der Waals surface area contributed by atoms with Crippen LogP contribution in [0.15, 0.2) is 42.6 Å². The van der Waals surface area contributed by atoms with Crippen molar-refractivity contribution in [2.75, 3.05) is 0 Å². The number of rotatable bonds is 7. The van der Waals surface area contributed by atoms with Gasteiger partial charge < -0.3 is 10.4 Å². The van der Waals surface area contributed by atoms with Crippen molar-refractivity contribution >= 4 is 11.9 Å². The molecule has 0 atom stereocenters. The maximum Gasteiger partial charge on any atom is 0.305 e. The number of aryl methyl sites for hydroxylation is 2. The highest BCUT2D eigenvalue weighted by Gasteiger charge is 2.15. The summed E-state index contributed by atoms with van der Waals surface area (Å²) in [6.07, 6.45) is 1.56. The molecule has 3 aromatic rings. The molecular formula is C19H21N5O3. The van der Waals surface area contributed by atoms with Crippen molar-refractivity contribution in [3.8, 4) is 5.69 Å². The predicted molar refractivity (Wildman–Crippen MR) is 98.7 cm³/mol. The minimum absolute atomic E-state index is 0.0419. The lowest BCUT2D eigenvalue weighted by molar-refractivity contribution is -0.137. The van der Waals surface area contributed by atoms with Gasteiger partial charge in [-0.3, -0.25) is 14.3 Å². The Bertz CT molecular complexity index is 959. The molecular weight excluding hydrogens is 346 g/mol. The number of aromatic nitrogens is 4. The number of para-hydroxylation sites is 1. The van der Waals surface area contributed by atoms with E-state index in [2.05, 4.69) is 15.5 Å². The Labute approximate surface area is 156 Å². The lowest BCUT2D eigenvalue weighted by atomic mass is 10.2. The first kappa shape index (κ1) is 18.4. The molecule has 140 valence electrons. The Morgan fingerprint density at radius 3 is 2.56 bits per heavy atom. The van der Waals surface area contributed by atoms with Gasteiger partial charge in [-0.1, -0.05) is 18.2 Å². The average Bonchev–Trinajstić information content (AvgIpc) is 3.24. The topological polar surface area (TPSA) is 102 Å². The molecule has 0 aliphatic rings. The number of aliphatic carboxylic acids is 1. The van der Waals surface area contributed by atoms with Gasteiger partial charge in [-0.15, -0.1) is 0 Å². The molecule has 0 spiro atoms. The van der Waals surface area contributed by atoms with Gasteiger partial charge >= 0.3 is 5.97 Å². The molecule has 0 bridgehead atoms. The van der Waals surface area contributed by atoms with Gasteiger partial charge in [-0.05, 0) is 32.0 Å². The number of benzene rings is 1. The van der Waals surface area contributed by atoms with E-state index in [-0.39, 0.29) is 24.6 Å². The van der Waals surface area contributed by atoms with Crippen LogP contribution in [0, 0.1) is 13.8 Å². The largest absolute Gasteiger partial charge is 0.481 e. The highest BCUT2D eigenvalue weighted by atomic mass is 16.4. The van der Waals surface area contributed by atoms with Crippen molar-refractivity contribution in [2.45, 2.75) is 33.4 Å².